The predicted octanol–water partition coefficient (Wildman–Crippen LogP) is 1.47. The van der Waals surface area contributed by atoms with Crippen LogP contribution in [-0.2, 0) is 0 Å². The molecule has 0 fully saturated rings. The summed E-state index contributed by atoms with van der Waals surface area (Å²) in [5.41, 5.74) is 6.38. The van der Waals surface area contributed by atoms with Crippen LogP contribution in [0, 0.1) is 0 Å². The SMILES string of the molecule is CCC(C)n1nnc(C(N)=O)c1C(C)C. The molecular formula is C10H18N4O. The van der Waals surface area contributed by atoms with Gasteiger partial charge in [0.05, 0.1) is 11.7 Å². The predicted molar refractivity (Wildman–Crippen MR) is 57.6 cm³/mol. The Bertz CT molecular complexity index is 356. The summed E-state index contributed by atoms with van der Waals surface area (Å²) in [6.07, 6.45) is 0.946. The molecule has 5 heteroatoms. The number of aromatic nitrogens is 3. The Kier molecular flexibility index (Phi) is 3.44. The molecule has 0 aliphatic carbocycles. The summed E-state index contributed by atoms with van der Waals surface area (Å²) in [4.78, 5) is 11.2. The number of hydrogen-bond acceptors (Lipinski definition) is 3. The maximum atomic E-state index is 11.2. The molecule has 0 spiro atoms. The first kappa shape index (κ1) is 11.7. The van der Waals surface area contributed by atoms with Crippen molar-refractivity contribution < 1.29 is 4.79 Å². The highest BCUT2D eigenvalue weighted by Gasteiger charge is 2.21. The summed E-state index contributed by atoms with van der Waals surface area (Å²) in [5, 5.41) is 7.84. The number of hydrogen-bond donors (Lipinski definition) is 1. The van der Waals surface area contributed by atoms with Crippen molar-refractivity contribution in [2.75, 3.05) is 0 Å². The summed E-state index contributed by atoms with van der Waals surface area (Å²) in [6, 6.07) is 0.239. The van der Waals surface area contributed by atoms with Gasteiger partial charge in [-0.25, -0.2) is 4.68 Å². The number of primary amides is 1. The van der Waals surface area contributed by atoms with Crippen LogP contribution >= 0.6 is 0 Å². The second-order valence-electron chi connectivity index (χ2n) is 4.04. The number of carbonyl (C=O) groups is 1. The van der Waals surface area contributed by atoms with Gasteiger partial charge in [-0.05, 0) is 19.3 Å². The van der Waals surface area contributed by atoms with Crippen molar-refractivity contribution in [3.8, 4) is 0 Å². The first-order valence-corrected chi connectivity index (χ1v) is 5.23. The van der Waals surface area contributed by atoms with Crippen molar-refractivity contribution in [3.63, 3.8) is 0 Å². The molecule has 2 N–H and O–H groups in total. The molecule has 1 unspecified atom stereocenters. The van der Waals surface area contributed by atoms with Crippen molar-refractivity contribution in [3.05, 3.63) is 11.4 Å². The summed E-state index contributed by atoms with van der Waals surface area (Å²) in [7, 11) is 0. The minimum atomic E-state index is -0.506. The lowest BCUT2D eigenvalue weighted by Crippen LogP contribution is -2.17. The Balaban J connectivity index is 3.24. The Morgan fingerprint density at radius 2 is 2.07 bits per heavy atom. The van der Waals surface area contributed by atoms with Crippen molar-refractivity contribution >= 4 is 5.91 Å². The third-order valence-electron chi connectivity index (χ3n) is 2.52. The van der Waals surface area contributed by atoms with Crippen LogP contribution in [-0.4, -0.2) is 20.9 Å². The van der Waals surface area contributed by atoms with Gasteiger partial charge in [0.2, 0.25) is 0 Å². The molecule has 1 heterocycles. The van der Waals surface area contributed by atoms with E-state index in [1.165, 1.54) is 0 Å². The molecule has 15 heavy (non-hydrogen) atoms. The largest absolute Gasteiger partial charge is 0.364 e. The van der Waals surface area contributed by atoms with E-state index in [0.29, 0.717) is 5.69 Å². The van der Waals surface area contributed by atoms with Crippen LogP contribution in [0.1, 0.15) is 62.3 Å². The van der Waals surface area contributed by atoms with Crippen molar-refractivity contribution in [2.45, 2.75) is 46.1 Å². The van der Waals surface area contributed by atoms with Gasteiger partial charge in [-0.15, -0.1) is 5.10 Å². The van der Waals surface area contributed by atoms with E-state index in [9.17, 15) is 4.79 Å². The second-order valence-corrected chi connectivity index (χ2v) is 4.04. The third kappa shape index (κ3) is 2.16. The maximum Gasteiger partial charge on any atom is 0.271 e. The minimum absolute atomic E-state index is 0.191. The number of nitrogens with zero attached hydrogens (tertiary/aromatic N) is 3. The lowest BCUT2D eigenvalue weighted by molar-refractivity contribution is 0.0994. The van der Waals surface area contributed by atoms with Crippen LogP contribution < -0.4 is 5.73 Å². The maximum absolute atomic E-state index is 11.2. The molecule has 0 saturated carbocycles. The minimum Gasteiger partial charge on any atom is -0.364 e. The molecule has 0 radical (unpaired) electrons. The van der Waals surface area contributed by atoms with Crippen LogP contribution in [0.2, 0.25) is 0 Å². The molecule has 1 aromatic rings. The smallest absolute Gasteiger partial charge is 0.271 e. The van der Waals surface area contributed by atoms with Crippen LogP contribution in [0.4, 0.5) is 0 Å². The second kappa shape index (κ2) is 4.42. The van der Waals surface area contributed by atoms with E-state index >= 15 is 0 Å². The molecule has 1 rings (SSSR count). The Hall–Kier alpha value is -1.39. The molecule has 0 bridgehead atoms. The standard InChI is InChI=1S/C10H18N4O/c1-5-7(4)14-9(6(2)3)8(10(11)15)12-13-14/h6-7H,5H2,1-4H3,(H2,11,15). The average Bonchev–Trinajstić information content (AvgIpc) is 2.60. The van der Waals surface area contributed by atoms with Crippen molar-refractivity contribution in [1.29, 1.82) is 0 Å². The Morgan fingerprint density at radius 3 is 2.47 bits per heavy atom. The van der Waals surface area contributed by atoms with Gasteiger partial charge in [0.1, 0.15) is 0 Å². The van der Waals surface area contributed by atoms with Crippen LogP contribution in [0.3, 0.4) is 0 Å². The Labute approximate surface area is 89.6 Å². The number of nitrogens with two attached hydrogens (primary N) is 1. The number of carbonyl (C=O) groups excluding carboxylic acids is 1. The molecule has 0 aliphatic rings. The fourth-order valence-electron chi connectivity index (χ4n) is 1.51. The third-order valence-corrected chi connectivity index (χ3v) is 2.52. The van der Waals surface area contributed by atoms with E-state index in [4.69, 9.17) is 5.73 Å². The normalized spacial score (nSPS) is 13.1. The molecule has 1 amide bonds. The first-order valence-electron chi connectivity index (χ1n) is 5.23. The van der Waals surface area contributed by atoms with Gasteiger partial charge in [0.15, 0.2) is 5.69 Å². The lowest BCUT2D eigenvalue weighted by Gasteiger charge is -2.14. The van der Waals surface area contributed by atoms with Gasteiger partial charge in [-0.3, -0.25) is 4.79 Å². The summed E-state index contributed by atoms with van der Waals surface area (Å²) >= 11 is 0. The zero-order valence-corrected chi connectivity index (χ0v) is 9.69. The van der Waals surface area contributed by atoms with E-state index in [2.05, 4.69) is 17.2 Å². The molecular weight excluding hydrogens is 192 g/mol. The van der Waals surface area contributed by atoms with Crippen LogP contribution in [0.25, 0.3) is 0 Å². The van der Waals surface area contributed by atoms with Crippen molar-refractivity contribution in [2.24, 2.45) is 5.73 Å². The molecule has 0 aliphatic heterocycles. The molecule has 5 nitrogen and oxygen atoms in total. The fraction of sp³-hybridized carbons (Fsp3) is 0.700. The Morgan fingerprint density at radius 1 is 1.47 bits per heavy atom. The van der Waals surface area contributed by atoms with Gasteiger partial charge >= 0.3 is 0 Å². The number of amides is 1. The highest BCUT2D eigenvalue weighted by atomic mass is 16.1. The van der Waals surface area contributed by atoms with Gasteiger partial charge in [-0.2, -0.15) is 0 Å². The number of rotatable bonds is 4. The average molecular weight is 210 g/mol. The molecule has 84 valence electrons. The monoisotopic (exact) mass is 210 g/mol. The van der Waals surface area contributed by atoms with E-state index in [0.717, 1.165) is 12.1 Å². The van der Waals surface area contributed by atoms with Crippen LogP contribution in [0.15, 0.2) is 0 Å². The van der Waals surface area contributed by atoms with E-state index in [1.54, 1.807) is 4.68 Å². The molecule has 1 aromatic heterocycles. The first-order chi connectivity index (χ1) is 6.99. The molecule has 1 atom stereocenters. The van der Waals surface area contributed by atoms with Gasteiger partial charge in [0.25, 0.3) is 5.91 Å². The summed E-state index contributed by atoms with van der Waals surface area (Å²) in [5.74, 6) is -0.315. The fourth-order valence-corrected chi connectivity index (χ4v) is 1.51. The zero-order valence-electron chi connectivity index (χ0n) is 9.69. The topological polar surface area (TPSA) is 73.8 Å². The lowest BCUT2D eigenvalue weighted by atomic mass is 10.1. The van der Waals surface area contributed by atoms with Crippen LogP contribution in [0.5, 0.6) is 0 Å². The van der Waals surface area contributed by atoms with Gasteiger partial charge in [-0.1, -0.05) is 26.0 Å². The summed E-state index contributed by atoms with van der Waals surface area (Å²) in [6.45, 7) is 8.12. The van der Waals surface area contributed by atoms with E-state index in [1.807, 2.05) is 20.8 Å². The summed E-state index contributed by atoms with van der Waals surface area (Å²) < 4.78 is 1.80. The highest BCUT2D eigenvalue weighted by molar-refractivity contribution is 5.91. The molecule has 0 saturated heterocycles. The van der Waals surface area contributed by atoms with Gasteiger partial charge in [0, 0.05) is 0 Å². The van der Waals surface area contributed by atoms with E-state index in [-0.39, 0.29) is 12.0 Å². The highest BCUT2D eigenvalue weighted by Crippen LogP contribution is 2.21. The van der Waals surface area contributed by atoms with Crippen molar-refractivity contribution in [1.82, 2.24) is 15.0 Å². The quantitative estimate of drug-likeness (QED) is 0.817. The zero-order chi connectivity index (χ0) is 11.6. The molecule has 0 aromatic carbocycles. The van der Waals surface area contributed by atoms with Gasteiger partial charge < -0.3 is 5.73 Å². The van der Waals surface area contributed by atoms with E-state index < -0.39 is 5.91 Å².